The maximum Gasteiger partial charge on any atom is 0.325 e. The largest absolute Gasteiger partial charge is 0.493 e. The number of carbonyl (C=O) groups excluding carboxylic acids is 4. The van der Waals surface area contributed by atoms with E-state index < -0.39 is 47.6 Å². The number of urea groups is 1. The zero-order valence-electron chi connectivity index (χ0n) is 19.8. The number of nitrogens with two attached hydrogens (primary N) is 1. The fraction of sp³-hybridized carbons (Fsp3) is 0.545. The second-order valence-corrected chi connectivity index (χ2v) is 10.0. The van der Waals surface area contributed by atoms with Gasteiger partial charge in [0.1, 0.15) is 12.1 Å². The van der Waals surface area contributed by atoms with Crippen molar-refractivity contribution in [1.29, 1.82) is 0 Å². The van der Waals surface area contributed by atoms with Gasteiger partial charge in [-0.05, 0) is 45.7 Å². The van der Waals surface area contributed by atoms with Crippen LogP contribution in [0.25, 0.3) is 0 Å². The van der Waals surface area contributed by atoms with E-state index in [2.05, 4.69) is 21.2 Å². The molecule has 1 heterocycles. The third-order valence-electron chi connectivity index (χ3n) is 5.00. The minimum atomic E-state index is -1.96. The maximum absolute atomic E-state index is 13.5. The van der Waals surface area contributed by atoms with Crippen LogP contribution >= 0.6 is 15.9 Å². The average molecular weight is 528 g/mol. The molecule has 2 atom stereocenters. The Bertz CT molecular complexity index is 973. The number of fused-ring (bicyclic) bond motifs is 1. The molecule has 3 N–H and O–H groups in total. The number of esters is 1. The maximum atomic E-state index is 13.5. The number of benzene rings is 1. The predicted octanol–water partition coefficient (Wildman–Crippen LogP) is 2.46. The van der Waals surface area contributed by atoms with Crippen LogP contribution in [0, 0.1) is 5.92 Å². The molecule has 11 heteroatoms. The van der Waals surface area contributed by atoms with E-state index in [1.165, 1.54) is 20.1 Å². The SMILES string of the molecule is COc1cc(Br)cc2c1OC(C(C)C)C(=O)N(C(N)=O)C2(C)C(=O)NCC(=O)OC(C)(C)C. The monoisotopic (exact) mass is 527 g/mol. The topological polar surface area (TPSA) is 137 Å². The van der Waals surface area contributed by atoms with Gasteiger partial charge in [0.05, 0.1) is 7.11 Å². The van der Waals surface area contributed by atoms with Gasteiger partial charge < -0.3 is 25.3 Å². The van der Waals surface area contributed by atoms with E-state index in [0.717, 1.165) is 0 Å². The summed E-state index contributed by atoms with van der Waals surface area (Å²) in [7, 11) is 1.41. The summed E-state index contributed by atoms with van der Waals surface area (Å²) in [5.41, 5.74) is 3.05. The molecule has 4 amide bonds. The molecule has 2 rings (SSSR count). The van der Waals surface area contributed by atoms with Crippen LogP contribution in [0.3, 0.4) is 0 Å². The molecule has 0 fully saturated rings. The van der Waals surface area contributed by atoms with Crippen LogP contribution in [0.5, 0.6) is 11.5 Å². The number of imide groups is 1. The van der Waals surface area contributed by atoms with Crippen LogP contribution in [-0.4, -0.2) is 54.1 Å². The number of nitrogens with zero attached hydrogens (tertiary/aromatic N) is 1. The third kappa shape index (κ3) is 5.40. The Labute approximate surface area is 201 Å². The van der Waals surface area contributed by atoms with Gasteiger partial charge in [0.2, 0.25) is 0 Å². The molecular weight excluding hydrogens is 498 g/mol. The summed E-state index contributed by atoms with van der Waals surface area (Å²) in [4.78, 5) is 52.3. The number of ether oxygens (including phenoxy) is 3. The summed E-state index contributed by atoms with van der Waals surface area (Å²) in [6, 6.07) is 2.01. The zero-order chi connectivity index (χ0) is 25.3. The molecule has 0 aliphatic carbocycles. The van der Waals surface area contributed by atoms with Crippen LogP contribution in [0.4, 0.5) is 4.79 Å². The molecule has 0 spiro atoms. The van der Waals surface area contributed by atoms with E-state index in [4.69, 9.17) is 19.9 Å². The van der Waals surface area contributed by atoms with Crippen molar-refractivity contribution >= 4 is 39.7 Å². The van der Waals surface area contributed by atoms with Crippen molar-refractivity contribution in [3.8, 4) is 11.5 Å². The summed E-state index contributed by atoms with van der Waals surface area (Å²) in [6.45, 7) is 9.41. The second kappa shape index (κ2) is 9.58. The van der Waals surface area contributed by atoms with Crippen LogP contribution < -0.4 is 20.5 Å². The Balaban J connectivity index is 2.67. The van der Waals surface area contributed by atoms with Crippen molar-refractivity contribution in [3.05, 3.63) is 22.2 Å². The lowest BCUT2D eigenvalue weighted by atomic mass is 9.87. The van der Waals surface area contributed by atoms with E-state index in [-0.39, 0.29) is 23.0 Å². The summed E-state index contributed by atoms with van der Waals surface area (Å²) in [5, 5.41) is 2.46. The Morgan fingerprint density at radius 3 is 2.39 bits per heavy atom. The molecular formula is C22H30BrN3O7. The number of amides is 4. The first-order chi connectivity index (χ1) is 15.1. The van der Waals surface area contributed by atoms with E-state index >= 15 is 0 Å². The first-order valence-electron chi connectivity index (χ1n) is 10.3. The lowest BCUT2D eigenvalue weighted by Gasteiger charge is -2.37. The van der Waals surface area contributed by atoms with Gasteiger partial charge in [-0.2, -0.15) is 0 Å². The quantitative estimate of drug-likeness (QED) is 0.560. The van der Waals surface area contributed by atoms with E-state index in [1.807, 2.05) is 0 Å². The highest BCUT2D eigenvalue weighted by Crippen LogP contribution is 2.46. The van der Waals surface area contributed by atoms with Crippen LogP contribution in [0.1, 0.15) is 47.1 Å². The van der Waals surface area contributed by atoms with Gasteiger partial charge in [0.15, 0.2) is 23.1 Å². The zero-order valence-corrected chi connectivity index (χ0v) is 21.4. The Morgan fingerprint density at radius 2 is 1.91 bits per heavy atom. The number of nitrogens with one attached hydrogen (secondary N) is 1. The molecule has 10 nitrogen and oxygen atoms in total. The number of carbonyl (C=O) groups is 4. The summed E-state index contributed by atoms with van der Waals surface area (Å²) >= 11 is 3.36. The number of halogens is 1. The number of primary amides is 1. The molecule has 1 aliphatic rings. The molecule has 0 saturated carbocycles. The van der Waals surface area contributed by atoms with E-state index in [1.54, 1.807) is 40.7 Å². The predicted molar refractivity (Wildman–Crippen MR) is 123 cm³/mol. The van der Waals surface area contributed by atoms with Crippen molar-refractivity contribution in [1.82, 2.24) is 10.2 Å². The number of methoxy groups -OCH3 is 1. The van der Waals surface area contributed by atoms with Crippen molar-refractivity contribution < 1.29 is 33.4 Å². The smallest absolute Gasteiger partial charge is 0.325 e. The minimum Gasteiger partial charge on any atom is -0.493 e. The number of rotatable bonds is 5. The van der Waals surface area contributed by atoms with Crippen molar-refractivity contribution in [2.75, 3.05) is 13.7 Å². The molecule has 1 aliphatic heterocycles. The van der Waals surface area contributed by atoms with Crippen molar-refractivity contribution in [2.24, 2.45) is 11.7 Å². The summed E-state index contributed by atoms with van der Waals surface area (Å²) in [5.74, 6) is -2.31. The lowest BCUT2D eigenvalue weighted by molar-refractivity contribution is -0.155. The van der Waals surface area contributed by atoms with Gasteiger partial charge in [-0.1, -0.05) is 29.8 Å². The van der Waals surface area contributed by atoms with Gasteiger partial charge in [-0.3, -0.25) is 14.4 Å². The normalized spacial score (nSPS) is 20.5. The fourth-order valence-corrected chi connectivity index (χ4v) is 3.96. The van der Waals surface area contributed by atoms with Gasteiger partial charge in [-0.15, -0.1) is 0 Å². The molecule has 2 unspecified atom stereocenters. The van der Waals surface area contributed by atoms with Crippen LogP contribution in [0.15, 0.2) is 16.6 Å². The Kier molecular flexibility index (Phi) is 7.67. The Hall–Kier alpha value is -2.82. The van der Waals surface area contributed by atoms with E-state index in [0.29, 0.717) is 9.37 Å². The lowest BCUT2D eigenvalue weighted by Crippen LogP contribution is -2.62. The molecule has 0 aromatic heterocycles. The van der Waals surface area contributed by atoms with Gasteiger partial charge in [0, 0.05) is 10.0 Å². The van der Waals surface area contributed by atoms with E-state index in [9.17, 15) is 19.2 Å². The standard InChI is InChI=1S/C22H30BrN3O7/c1-11(2)16-18(28)26(20(24)30)22(6,19(29)25-10-15(27)33-21(3,4)5)13-8-12(23)9-14(31-7)17(13)32-16/h8-9,11,16H,10H2,1-7H3,(H2,24,30)(H,25,29). The minimum absolute atomic E-state index is 0.117. The van der Waals surface area contributed by atoms with Crippen LogP contribution in [0.2, 0.25) is 0 Å². The molecule has 0 saturated heterocycles. The van der Waals surface area contributed by atoms with Crippen molar-refractivity contribution in [3.63, 3.8) is 0 Å². The first-order valence-corrected chi connectivity index (χ1v) is 11.1. The highest BCUT2D eigenvalue weighted by molar-refractivity contribution is 9.10. The molecule has 182 valence electrons. The fourth-order valence-electron chi connectivity index (χ4n) is 3.53. The highest BCUT2D eigenvalue weighted by atomic mass is 79.9. The second-order valence-electron chi connectivity index (χ2n) is 9.12. The van der Waals surface area contributed by atoms with Gasteiger partial charge in [0.25, 0.3) is 11.8 Å². The van der Waals surface area contributed by atoms with Crippen molar-refractivity contribution in [2.45, 2.75) is 58.8 Å². The summed E-state index contributed by atoms with van der Waals surface area (Å²) in [6.07, 6.45) is -1.12. The molecule has 0 radical (unpaired) electrons. The van der Waals surface area contributed by atoms with Crippen LogP contribution in [-0.2, 0) is 24.7 Å². The number of hydrogen-bond acceptors (Lipinski definition) is 7. The van der Waals surface area contributed by atoms with Gasteiger partial charge >= 0.3 is 12.0 Å². The third-order valence-corrected chi connectivity index (χ3v) is 5.46. The molecule has 33 heavy (non-hydrogen) atoms. The first kappa shape index (κ1) is 26.4. The molecule has 1 aromatic rings. The average Bonchev–Trinajstić information content (AvgIpc) is 2.77. The highest BCUT2D eigenvalue weighted by Gasteiger charge is 2.54. The Morgan fingerprint density at radius 1 is 1.30 bits per heavy atom. The molecule has 1 aromatic carbocycles. The molecule has 0 bridgehead atoms. The summed E-state index contributed by atoms with van der Waals surface area (Å²) < 4.78 is 17.2. The van der Waals surface area contributed by atoms with Gasteiger partial charge in [-0.25, -0.2) is 9.69 Å². The number of hydrogen-bond donors (Lipinski definition) is 2.